The Bertz CT molecular complexity index is 862. The molecule has 1 heterocycles. The highest BCUT2D eigenvalue weighted by Crippen LogP contribution is 2.37. The van der Waals surface area contributed by atoms with Crippen LogP contribution in [0.15, 0.2) is 53.4 Å². The topological polar surface area (TPSA) is 86.7 Å². The van der Waals surface area contributed by atoms with Gasteiger partial charge in [-0.1, -0.05) is 29.8 Å². The number of sulfonamides is 1. The van der Waals surface area contributed by atoms with Crippen molar-refractivity contribution in [1.82, 2.24) is 0 Å². The molecule has 7 heteroatoms. The monoisotopic (exact) mass is 346 g/mol. The SMILES string of the molecule is Cc1ccc(S(=O)(=O)N2c3ccccc3NC(=O)C2CCO)cc1. The van der Waals surface area contributed by atoms with E-state index in [1.54, 1.807) is 36.4 Å². The first-order valence-corrected chi connectivity index (χ1v) is 9.01. The largest absolute Gasteiger partial charge is 0.396 e. The zero-order valence-corrected chi connectivity index (χ0v) is 14.0. The van der Waals surface area contributed by atoms with Crippen molar-refractivity contribution in [2.75, 3.05) is 16.2 Å². The molecule has 6 nitrogen and oxygen atoms in total. The quantitative estimate of drug-likeness (QED) is 0.885. The molecule has 1 amide bonds. The number of para-hydroxylation sites is 2. The number of aliphatic hydroxyl groups excluding tert-OH is 1. The van der Waals surface area contributed by atoms with Gasteiger partial charge < -0.3 is 10.4 Å². The van der Waals surface area contributed by atoms with Gasteiger partial charge in [-0.15, -0.1) is 0 Å². The minimum Gasteiger partial charge on any atom is -0.396 e. The molecule has 1 unspecified atom stereocenters. The van der Waals surface area contributed by atoms with Gasteiger partial charge in [0.05, 0.1) is 16.3 Å². The Morgan fingerprint density at radius 1 is 1.12 bits per heavy atom. The van der Waals surface area contributed by atoms with Crippen LogP contribution in [-0.2, 0) is 14.8 Å². The van der Waals surface area contributed by atoms with Gasteiger partial charge in [-0.2, -0.15) is 0 Å². The Morgan fingerprint density at radius 3 is 2.46 bits per heavy atom. The molecule has 0 radical (unpaired) electrons. The van der Waals surface area contributed by atoms with E-state index in [-0.39, 0.29) is 17.9 Å². The van der Waals surface area contributed by atoms with Gasteiger partial charge in [-0.25, -0.2) is 8.42 Å². The molecule has 0 saturated carbocycles. The number of hydrogen-bond donors (Lipinski definition) is 2. The van der Waals surface area contributed by atoms with E-state index in [0.29, 0.717) is 11.4 Å². The second-order valence-corrected chi connectivity index (χ2v) is 7.46. The van der Waals surface area contributed by atoms with Crippen LogP contribution in [0.25, 0.3) is 0 Å². The van der Waals surface area contributed by atoms with Crippen LogP contribution in [0.5, 0.6) is 0 Å². The van der Waals surface area contributed by atoms with Crippen LogP contribution in [0.3, 0.4) is 0 Å². The summed E-state index contributed by atoms with van der Waals surface area (Å²) in [7, 11) is -3.94. The number of aliphatic hydroxyl groups is 1. The smallest absolute Gasteiger partial charge is 0.265 e. The van der Waals surface area contributed by atoms with Crippen molar-refractivity contribution < 1.29 is 18.3 Å². The highest BCUT2D eigenvalue weighted by atomic mass is 32.2. The Labute approximate surface area is 140 Å². The summed E-state index contributed by atoms with van der Waals surface area (Å²) in [6.45, 7) is 1.58. The third-order valence-corrected chi connectivity index (χ3v) is 5.80. The number of aryl methyl sites for hydroxylation is 1. The van der Waals surface area contributed by atoms with Crippen LogP contribution in [0.2, 0.25) is 0 Å². The maximum atomic E-state index is 13.2. The summed E-state index contributed by atoms with van der Waals surface area (Å²) in [5.41, 5.74) is 1.78. The number of anilines is 2. The van der Waals surface area contributed by atoms with Gasteiger partial charge in [0.25, 0.3) is 10.0 Å². The average molecular weight is 346 g/mol. The zero-order valence-electron chi connectivity index (χ0n) is 13.1. The molecular formula is C17H18N2O4S. The van der Waals surface area contributed by atoms with Crippen LogP contribution in [-0.4, -0.2) is 32.1 Å². The normalized spacial score (nSPS) is 17.3. The Hall–Kier alpha value is -2.38. The van der Waals surface area contributed by atoms with Gasteiger partial charge in [-0.05, 0) is 31.2 Å². The molecule has 0 fully saturated rings. The molecule has 1 aliphatic rings. The molecule has 0 spiro atoms. The van der Waals surface area contributed by atoms with Crippen molar-refractivity contribution in [3.63, 3.8) is 0 Å². The first-order valence-electron chi connectivity index (χ1n) is 7.57. The van der Waals surface area contributed by atoms with Gasteiger partial charge in [0.2, 0.25) is 5.91 Å². The predicted molar refractivity (Wildman–Crippen MR) is 91.4 cm³/mol. The number of carbonyl (C=O) groups excluding carboxylic acids is 1. The predicted octanol–water partition coefficient (Wildman–Crippen LogP) is 1.89. The van der Waals surface area contributed by atoms with Gasteiger partial charge in [0.15, 0.2) is 0 Å². The zero-order chi connectivity index (χ0) is 17.3. The van der Waals surface area contributed by atoms with Crippen molar-refractivity contribution in [2.45, 2.75) is 24.3 Å². The van der Waals surface area contributed by atoms with Gasteiger partial charge in [0.1, 0.15) is 6.04 Å². The molecule has 2 N–H and O–H groups in total. The molecular weight excluding hydrogens is 328 g/mol. The lowest BCUT2D eigenvalue weighted by atomic mass is 10.1. The first-order chi connectivity index (χ1) is 11.4. The number of amides is 1. The Balaban J connectivity index is 2.17. The lowest BCUT2D eigenvalue weighted by molar-refractivity contribution is -0.117. The number of nitrogens with zero attached hydrogens (tertiary/aromatic N) is 1. The molecule has 0 aromatic heterocycles. The van der Waals surface area contributed by atoms with Crippen LogP contribution in [0, 0.1) is 6.92 Å². The molecule has 2 aromatic carbocycles. The molecule has 1 aliphatic heterocycles. The first kappa shape index (κ1) is 16.5. The van der Waals surface area contributed by atoms with E-state index < -0.39 is 22.0 Å². The van der Waals surface area contributed by atoms with Gasteiger partial charge in [-0.3, -0.25) is 9.10 Å². The summed E-state index contributed by atoms with van der Waals surface area (Å²) in [6, 6.07) is 12.2. The number of hydrogen-bond acceptors (Lipinski definition) is 4. The van der Waals surface area contributed by atoms with Crippen LogP contribution >= 0.6 is 0 Å². The van der Waals surface area contributed by atoms with E-state index in [1.807, 2.05) is 6.92 Å². The molecule has 24 heavy (non-hydrogen) atoms. The van der Waals surface area contributed by atoms with Gasteiger partial charge in [0, 0.05) is 13.0 Å². The summed E-state index contributed by atoms with van der Waals surface area (Å²) >= 11 is 0. The van der Waals surface area contributed by atoms with Crippen LogP contribution < -0.4 is 9.62 Å². The summed E-state index contributed by atoms with van der Waals surface area (Å²) < 4.78 is 27.4. The fraction of sp³-hybridized carbons (Fsp3) is 0.235. The number of fused-ring (bicyclic) bond motifs is 1. The van der Waals surface area contributed by atoms with E-state index in [1.165, 1.54) is 12.1 Å². The van der Waals surface area contributed by atoms with E-state index in [0.717, 1.165) is 9.87 Å². The van der Waals surface area contributed by atoms with E-state index in [4.69, 9.17) is 0 Å². The summed E-state index contributed by atoms with van der Waals surface area (Å²) in [5.74, 6) is -0.446. The summed E-state index contributed by atoms with van der Waals surface area (Å²) in [4.78, 5) is 12.5. The fourth-order valence-corrected chi connectivity index (χ4v) is 4.41. The fourth-order valence-electron chi connectivity index (χ4n) is 2.75. The van der Waals surface area contributed by atoms with E-state index in [2.05, 4.69) is 5.32 Å². The lowest BCUT2D eigenvalue weighted by Gasteiger charge is -2.36. The highest BCUT2D eigenvalue weighted by molar-refractivity contribution is 7.93. The van der Waals surface area contributed by atoms with Crippen LogP contribution in [0.4, 0.5) is 11.4 Å². The Kier molecular flexibility index (Phi) is 4.29. The summed E-state index contributed by atoms with van der Waals surface area (Å²) in [6.07, 6.45) is 0.0191. The standard InChI is InChI=1S/C17H18N2O4S/c1-12-6-8-13(9-7-12)24(22,23)19-15-5-3-2-4-14(15)18-17(21)16(19)10-11-20/h2-9,16,20H,10-11H2,1H3,(H,18,21). The van der Waals surface area contributed by atoms with Crippen molar-refractivity contribution in [1.29, 1.82) is 0 Å². The molecule has 2 aromatic rings. The maximum Gasteiger partial charge on any atom is 0.265 e. The molecule has 0 aliphatic carbocycles. The van der Waals surface area contributed by atoms with Gasteiger partial charge >= 0.3 is 0 Å². The maximum absolute atomic E-state index is 13.2. The summed E-state index contributed by atoms with van der Waals surface area (Å²) in [5, 5.41) is 12.0. The number of nitrogens with one attached hydrogen (secondary N) is 1. The molecule has 126 valence electrons. The third kappa shape index (κ3) is 2.76. The minimum atomic E-state index is -3.94. The molecule has 0 bridgehead atoms. The second kappa shape index (κ2) is 6.26. The van der Waals surface area contributed by atoms with Crippen LogP contribution in [0.1, 0.15) is 12.0 Å². The van der Waals surface area contributed by atoms with Crippen molar-refractivity contribution in [3.8, 4) is 0 Å². The average Bonchev–Trinajstić information content (AvgIpc) is 2.56. The third-order valence-electron chi connectivity index (χ3n) is 3.97. The molecule has 3 rings (SSSR count). The van der Waals surface area contributed by atoms with Crippen molar-refractivity contribution in [3.05, 3.63) is 54.1 Å². The van der Waals surface area contributed by atoms with Crippen molar-refractivity contribution >= 4 is 27.3 Å². The number of benzene rings is 2. The highest BCUT2D eigenvalue weighted by Gasteiger charge is 2.40. The number of rotatable bonds is 4. The second-order valence-electron chi connectivity index (χ2n) is 5.65. The number of carbonyl (C=O) groups is 1. The lowest BCUT2D eigenvalue weighted by Crippen LogP contribution is -2.51. The molecule has 0 saturated heterocycles. The molecule has 1 atom stereocenters. The van der Waals surface area contributed by atoms with E-state index in [9.17, 15) is 18.3 Å². The van der Waals surface area contributed by atoms with Crippen molar-refractivity contribution in [2.24, 2.45) is 0 Å². The minimum absolute atomic E-state index is 0.0191. The van der Waals surface area contributed by atoms with E-state index >= 15 is 0 Å². The Morgan fingerprint density at radius 2 is 1.79 bits per heavy atom.